The van der Waals surface area contributed by atoms with Gasteiger partial charge in [0.25, 0.3) is 0 Å². The molecule has 6 nitrogen and oxygen atoms in total. The smallest absolute Gasteiger partial charge is 0.306 e. The zero-order valence-corrected chi connectivity index (χ0v) is 52.1. The molecular weight excluding hydrogens is 973 g/mol. The highest BCUT2D eigenvalue weighted by Gasteiger charge is 2.19. The van der Waals surface area contributed by atoms with Gasteiger partial charge in [-0.05, 0) is 122 Å². The largest absolute Gasteiger partial charge is 0.462 e. The lowest BCUT2D eigenvalue weighted by molar-refractivity contribution is -0.167. The van der Waals surface area contributed by atoms with Crippen LogP contribution in [-0.2, 0) is 28.6 Å². The average molecular weight is 1100 g/mol. The number of rotatable bonds is 61. The fourth-order valence-corrected chi connectivity index (χ4v) is 9.50. The predicted octanol–water partition coefficient (Wildman–Crippen LogP) is 23.2. The molecule has 0 saturated carbocycles. The van der Waals surface area contributed by atoms with Gasteiger partial charge in [0.15, 0.2) is 6.10 Å². The minimum absolute atomic E-state index is 0.0864. The highest BCUT2D eigenvalue weighted by molar-refractivity contribution is 5.71. The third-order valence-corrected chi connectivity index (χ3v) is 14.5. The van der Waals surface area contributed by atoms with Crippen LogP contribution in [0.5, 0.6) is 0 Å². The first-order valence-corrected chi connectivity index (χ1v) is 33.7. The Kier molecular flexibility index (Phi) is 63.7. The summed E-state index contributed by atoms with van der Waals surface area (Å²) < 4.78 is 17.0. The van der Waals surface area contributed by atoms with Crippen molar-refractivity contribution in [3.05, 3.63) is 97.2 Å². The molecule has 0 heterocycles. The standard InChI is InChI=1S/C73H126O6/c1-4-7-10-13-16-19-22-25-28-30-32-34-35-36-37-39-40-42-45-48-51-54-57-60-63-66-72(75)78-69-70(68-77-71(74)65-62-59-56-53-50-47-44-27-24-21-18-15-12-9-6-3)79-73(76)67-64-61-58-55-52-49-46-43-41-38-33-31-29-26-23-20-17-14-11-8-5-2/h9,12,18,21-23,25-27,30-33,35-36,44,70H,4-8,10-11,13-17,19-20,24,28-29,34,37-43,45-69H2,1-3H3/b12-9-,21-18-,25-22-,26-23-,32-30-,33-31-,36-35-,44-27-. The normalized spacial score (nSPS) is 12.7. The summed E-state index contributed by atoms with van der Waals surface area (Å²) in [6, 6.07) is 0. The number of unbranched alkanes of at least 4 members (excludes halogenated alkanes) is 34. The third kappa shape index (κ3) is 65.0. The van der Waals surface area contributed by atoms with Gasteiger partial charge in [-0.25, -0.2) is 0 Å². The zero-order chi connectivity index (χ0) is 57.1. The molecule has 0 aliphatic carbocycles. The van der Waals surface area contributed by atoms with Gasteiger partial charge in [0, 0.05) is 19.3 Å². The van der Waals surface area contributed by atoms with Crippen molar-refractivity contribution in [3.63, 3.8) is 0 Å². The van der Waals surface area contributed by atoms with Gasteiger partial charge in [-0.1, -0.05) is 285 Å². The molecule has 1 atom stereocenters. The van der Waals surface area contributed by atoms with E-state index in [1.165, 1.54) is 173 Å². The maximum atomic E-state index is 12.9. The molecule has 0 N–H and O–H groups in total. The van der Waals surface area contributed by atoms with Crippen molar-refractivity contribution >= 4 is 17.9 Å². The molecule has 454 valence electrons. The number of ether oxygens (including phenoxy) is 3. The number of carbonyl (C=O) groups is 3. The van der Waals surface area contributed by atoms with Crippen LogP contribution in [0.2, 0.25) is 0 Å². The van der Waals surface area contributed by atoms with Crippen molar-refractivity contribution < 1.29 is 28.6 Å². The predicted molar refractivity (Wildman–Crippen MR) is 344 cm³/mol. The summed E-state index contributed by atoms with van der Waals surface area (Å²) in [5, 5.41) is 0. The summed E-state index contributed by atoms with van der Waals surface area (Å²) in [4.78, 5) is 38.4. The van der Waals surface area contributed by atoms with E-state index in [4.69, 9.17) is 14.2 Å². The molecule has 0 amide bonds. The highest BCUT2D eigenvalue weighted by Crippen LogP contribution is 2.16. The van der Waals surface area contributed by atoms with Crippen molar-refractivity contribution in [3.8, 4) is 0 Å². The molecule has 0 aromatic heterocycles. The van der Waals surface area contributed by atoms with Crippen molar-refractivity contribution in [2.75, 3.05) is 13.2 Å². The Labute approximate surface area is 489 Å². The van der Waals surface area contributed by atoms with Crippen molar-refractivity contribution in [1.29, 1.82) is 0 Å². The molecule has 0 saturated heterocycles. The van der Waals surface area contributed by atoms with Crippen LogP contribution in [-0.4, -0.2) is 37.2 Å². The van der Waals surface area contributed by atoms with Crippen molar-refractivity contribution in [2.24, 2.45) is 0 Å². The maximum absolute atomic E-state index is 12.9. The van der Waals surface area contributed by atoms with E-state index in [2.05, 4.69) is 118 Å². The van der Waals surface area contributed by atoms with E-state index < -0.39 is 6.10 Å². The van der Waals surface area contributed by atoms with Crippen LogP contribution in [0, 0.1) is 0 Å². The van der Waals surface area contributed by atoms with E-state index in [9.17, 15) is 14.4 Å². The quantitative estimate of drug-likeness (QED) is 0.0261. The number of hydrogen-bond donors (Lipinski definition) is 0. The van der Waals surface area contributed by atoms with Crippen LogP contribution < -0.4 is 0 Å². The fraction of sp³-hybridized carbons (Fsp3) is 0.740. The first-order chi connectivity index (χ1) is 39.0. The third-order valence-electron chi connectivity index (χ3n) is 14.5. The maximum Gasteiger partial charge on any atom is 0.306 e. The number of esters is 3. The lowest BCUT2D eigenvalue weighted by atomic mass is 10.0. The molecule has 6 heteroatoms. The summed E-state index contributed by atoms with van der Waals surface area (Å²) in [6.07, 6.45) is 89.9. The molecule has 0 fully saturated rings. The topological polar surface area (TPSA) is 78.9 Å². The number of allylic oxidation sites excluding steroid dienone is 16. The Morgan fingerprint density at radius 2 is 0.494 bits per heavy atom. The van der Waals surface area contributed by atoms with Crippen LogP contribution in [0.3, 0.4) is 0 Å². The van der Waals surface area contributed by atoms with E-state index in [1.807, 2.05) is 0 Å². The number of hydrogen-bond acceptors (Lipinski definition) is 6. The molecule has 0 bridgehead atoms. The molecule has 0 aromatic carbocycles. The van der Waals surface area contributed by atoms with Gasteiger partial charge in [0.05, 0.1) is 0 Å². The SMILES string of the molecule is CC/C=C\C/C=C\C/C=C\CCCCCCCC(=O)OCC(COC(=O)CCCCCCCCCCCC/C=C\C/C=C\C/C=C\CCCCCCC)OC(=O)CCCCCCCCCCC/C=C\C/C=C\CCCCCCC. The van der Waals surface area contributed by atoms with Crippen molar-refractivity contribution in [2.45, 2.75) is 335 Å². The van der Waals surface area contributed by atoms with E-state index >= 15 is 0 Å². The Balaban J connectivity index is 4.36. The van der Waals surface area contributed by atoms with Crippen LogP contribution in [0.4, 0.5) is 0 Å². The molecule has 0 spiro atoms. The first-order valence-electron chi connectivity index (χ1n) is 33.7. The summed E-state index contributed by atoms with van der Waals surface area (Å²) in [6.45, 7) is 6.52. The molecule has 1 unspecified atom stereocenters. The van der Waals surface area contributed by atoms with Gasteiger partial charge in [0.1, 0.15) is 13.2 Å². The van der Waals surface area contributed by atoms with Gasteiger partial charge in [-0.2, -0.15) is 0 Å². The molecule has 0 aliphatic rings. The van der Waals surface area contributed by atoms with Gasteiger partial charge in [0.2, 0.25) is 0 Å². The van der Waals surface area contributed by atoms with E-state index in [0.717, 1.165) is 116 Å². The van der Waals surface area contributed by atoms with Crippen LogP contribution in [0.15, 0.2) is 97.2 Å². The van der Waals surface area contributed by atoms with E-state index in [-0.39, 0.29) is 31.1 Å². The second-order valence-corrected chi connectivity index (χ2v) is 22.3. The molecule has 0 radical (unpaired) electrons. The van der Waals surface area contributed by atoms with E-state index in [1.54, 1.807) is 0 Å². The van der Waals surface area contributed by atoms with Gasteiger partial charge in [-0.3, -0.25) is 14.4 Å². The van der Waals surface area contributed by atoms with Crippen LogP contribution >= 0.6 is 0 Å². The minimum Gasteiger partial charge on any atom is -0.462 e. The Hall–Kier alpha value is -3.67. The van der Waals surface area contributed by atoms with Crippen LogP contribution in [0.25, 0.3) is 0 Å². The van der Waals surface area contributed by atoms with Crippen molar-refractivity contribution in [1.82, 2.24) is 0 Å². The number of carbonyl (C=O) groups excluding carboxylic acids is 3. The molecular formula is C73H126O6. The average Bonchev–Trinajstić information content (AvgIpc) is 3.45. The van der Waals surface area contributed by atoms with Gasteiger partial charge >= 0.3 is 17.9 Å². The molecule has 79 heavy (non-hydrogen) atoms. The Bertz CT molecular complexity index is 1540. The van der Waals surface area contributed by atoms with Crippen LogP contribution in [0.1, 0.15) is 329 Å². The lowest BCUT2D eigenvalue weighted by Crippen LogP contribution is -2.30. The second kappa shape index (κ2) is 66.8. The summed E-state index contributed by atoms with van der Waals surface area (Å²) >= 11 is 0. The first kappa shape index (κ1) is 75.3. The molecule has 0 aromatic rings. The molecule has 0 rings (SSSR count). The van der Waals surface area contributed by atoms with Gasteiger partial charge in [-0.15, -0.1) is 0 Å². The summed E-state index contributed by atoms with van der Waals surface area (Å²) in [5.41, 5.74) is 0. The second-order valence-electron chi connectivity index (χ2n) is 22.3. The van der Waals surface area contributed by atoms with E-state index in [0.29, 0.717) is 19.3 Å². The summed E-state index contributed by atoms with van der Waals surface area (Å²) in [7, 11) is 0. The fourth-order valence-electron chi connectivity index (χ4n) is 9.50. The summed E-state index contributed by atoms with van der Waals surface area (Å²) in [5.74, 6) is -0.900. The lowest BCUT2D eigenvalue weighted by Gasteiger charge is -2.18. The zero-order valence-electron chi connectivity index (χ0n) is 52.1. The Morgan fingerprint density at radius 3 is 0.772 bits per heavy atom. The molecule has 0 aliphatic heterocycles. The Morgan fingerprint density at radius 1 is 0.266 bits per heavy atom. The highest BCUT2D eigenvalue weighted by atomic mass is 16.6. The van der Waals surface area contributed by atoms with Gasteiger partial charge < -0.3 is 14.2 Å². The minimum atomic E-state index is -0.792. The monoisotopic (exact) mass is 1100 g/mol.